The first kappa shape index (κ1) is 13.6. The number of hydrogen-bond donors (Lipinski definition) is 1. The molecule has 0 spiro atoms. The molecule has 1 fully saturated rings. The SMILES string of the molecule is CCCn1nccc1C1CCCC1CNC(C)C. The number of nitrogens with zero attached hydrogens (tertiary/aromatic N) is 2. The van der Waals surface area contributed by atoms with Gasteiger partial charge in [0.05, 0.1) is 0 Å². The van der Waals surface area contributed by atoms with Crippen LogP contribution in [-0.2, 0) is 6.54 Å². The minimum atomic E-state index is 0.590. The minimum Gasteiger partial charge on any atom is -0.314 e. The van der Waals surface area contributed by atoms with Crippen LogP contribution in [0.25, 0.3) is 0 Å². The predicted octanol–water partition coefficient (Wildman–Crippen LogP) is 3.17. The van der Waals surface area contributed by atoms with Crippen LogP contribution in [0.5, 0.6) is 0 Å². The molecular weight excluding hydrogens is 222 g/mol. The first-order valence-electron chi connectivity index (χ1n) is 7.47. The third-order valence-electron chi connectivity index (χ3n) is 4.01. The molecule has 1 aliphatic carbocycles. The molecule has 3 nitrogen and oxygen atoms in total. The van der Waals surface area contributed by atoms with Gasteiger partial charge in [0.1, 0.15) is 0 Å². The summed E-state index contributed by atoms with van der Waals surface area (Å²) in [5.74, 6) is 1.50. The molecule has 1 aromatic rings. The van der Waals surface area contributed by atoms with Crippen molar-refractivity contribution in [1.82, 2.24) is 15.1 Å². The van der Waals surface area contributed by atoms with Gasteiger partial charge < -0.3 is 5.32 Å². The van der Waals surface area contributed by atoms with Crippen LogP contribution in [0.3, 0.4) is 0 Å². The van der Waals surface area contributed by atoms with E-state index in [1.54, 1.807) is 0 Å². The van der Waals surface area contributed by atoms with Gasteiger partial charge in [-0.3, -0.25) is 4.68 Å². The van der Waals surface area contributed by atoms with E-state index in [0.717, 1.165) is 25.4 Å². The fourth-order valence-corrected chi connectivity index (χ4v) is 3.11. The van der Waals surface area contributed by atoms with E-state index in [4.69, 9.17) is 0 Å². The second kappa shape index (κ2) is 6.37. The van der Waals surface area contributed by atoms with E-state index in [0.29, 0.717) is 12.0 Å². The van der Waals surface area contributed by atoms with Gasteiger partial charge in [-0.25, -0.2) is 0 Å². The first-order valence-corrected chi connectivity index (χ1v) is 7.47. The Kier molecular flexibility index (Phi) is 4.81. The van der Waals surface area contributed by atoms with Crippen molar-refractivity contribution in [3.63, 3.8) is 0 Å². The normalized spacial score (nSPS) is 24.0. The fourth-order valence-electron chi connectivity index (χ4n) is 3.11. The molecule has 102 valence electrons. The lowest BCUT2D eigenvalue weighted by atomic mass is 9.92. The van der Waals surface area contributed by atoms with Crippen molar-refractivity contribution in [2.75, 3.05) is 6.54 Å². The van der Waals surface area contributed by atoms with E-state index >= 15 is 0 Å². The average Bonchev–Trinajstić information content (AvgIpc) is 2.94. The Morgan fingerprint density at radius 2 is 2.28 bits per heavy atom. The quantitative estimate of drug-likeness (QED) is 0.839. The van der Waals surface area contributed by atoms with Crippen LogP contribution >= 0.6 is 0 Å². The molecule has 1 heterocycles. The highest BCUT2D eigenvalue weighted by Crippen LogP contribution is 2.39. The van der Waals surface area contributed by atoms with E-state index in [1.807, 2.05) is 6.20 Å². The van der Waals surface area contributed by atoms with E-state index in [9.17, 15) is 0 Å². The van der Waals surface area contributed by atoms with Gasteiger partial charge in [-0.05, 0) is 37.8 Å². The van der Waals surface area contributed by atoms with E-state index < -0.39 is 0 Å². The van der Waals surface area contributed by atoms with Gasteiger partial charge >= 0.3 is 0 Å². The van der Waals surface area contributed by atoms with Crippen LogP contribution in [0.15, 0.2) is 12.3 Å². The molecule has 1 N–H and O–H groups in total. The molecule has 18 heavy (non-hydrogen) atoms. The molecule has 2 rings (SSSR count). The summed E-state index contributed by atoms with van der Waals surface area (Å²) in [6, 6.07) is 2.82. The second-order valence-electron chi connectivity index (χ2n) is 5.84. The maximum atomic E-state index is 4.48. The molecule has 3 heteroatoms. The van der Waals surface area contributed by atoms with Crippen molar-refractivity contribution < 1.29 is 0 Å². The maximum absolute atomic E-state index is 4.48. The van der Waals surface area contributed by atoms with E-state index in [-0.39, 0.29) is 0 Å². The monoisotopic (exact) mass is 249 g/mol. The summed E-state index contributed by atoms with van der Waals surface area (Å²) in [5.41, 5.74) is 1.46. The number of aryl methyl sites for hydroxylation is 1. The Labute approximate surface area is 111 Å². The Bertz CT molecular complexity index is 356. The van der Waals surface area contributed by atoms with Crippen LogP contribution in [0.1, 0.15) is 58.1 Å². The van der Waals surface area contributed by atoms with Gasteiger partial charge in [0.25, 0.3) is 0 Å². The van der Waals surface area contributed by atoms with Crippen molar-refractivity contribution in [3.8, 4) is 0 Å². The number of aromatic nitrogens is 2. The van der Waals surface area contributed by atoms with Gasteiger partial charge in [0.15, 0.2) is 0 Å². The van der Waals surface area contributed by atoms with Crippen LogP contribution in [0, 0.1) is 5.92 Å². The molecule has 2 unspecified atom stereocenters. The highest BCUT2D eigenvalue weighted by Gasteiger charge is 2.30. The van der Waals surface area contributed by atoms with Crippen molar-refractivity contribution in [2.45, 2.75) is 65.0 Å². The zero-order valence-corrected chi connectivity index (χ0v) is 12.0. The molecule has 0 aliphatic heterocycles. The lowest BCUT2D eigenvalue weighted by molar-refractivity contribution is 0.402. The Hall–Kier alpha value is -0.830. The summed E-state index contributed by atoms with van der Waals surface area (Å²) in [6.07, 6.45) is 7.19. The van der Waals surface area contributed by atoms with Crippen LogP contribution < -0.4 is 5.32 Å². The molecule has 0 bridgehead atoms. The Morgan fingerprint density at radius 1 is 1.44 bits per heavy atom. The predicted molar refractivity (Wildman–Crippen MR) is 75.7 cm³/mol. The van der Waals surface area contributed by atoms with Gasteiger partial charge in [0, 0.05) is 30.4 Å². The summed E-state index contributed by atoms with van der Waals surface area (Å²) in [7, 11) is 0. The molecule has 0 aromatic carbocycles. The molecule has 1 aliphatic rings. The van der Waals surface area contributed by atoms with Crippen molar-refractivity contribution in [2.24, 2.45) is 5.92 Å². The highest BCUT2D eigenvalue weighted by molar-refractivity contribution is 5.12. The maximum Gasteiger partial charge on any atom is 0.0492 e. The summed E-state index contributed by atoms with van der Waals surface area (Å²) in [6.45, 7) is 8.89. The topological polar surface area (TPSA) is 29.9 Å². The first-order chi connectivity index (χ1) is 8.72. The molecule has 0 amide bonds. The summed E-state index contributed by atoms with van der Waals surface area (Å²) in [5, 5.41) is 8.08. The van der Waals surface area contributed by atoms with Crippen LogP contribution in [0.4, 0.5) is 0 Å². The summed E-state index contributed by atoms with van der Waals surface area (Å²) >= 11 is 0. The molecule has 2 atom stereocenters. The largest absolute Gasteiger partial charge is 0.314 e. The van der Waals surface area contributed by atoms with Crippen molar-refractivity contribution in [3.05, 3.63) is 18.0 Å². The van der Waals surface area contributed by atoms with Gasteiger partial charge in [-0.15, -0.1) is 0 Å². The summed E-state index contributed by atoms with van der Waals surface area (Å²) in [4.78, 5) is 0. The van der Waals surface area contributed by atoms with Gasteiger partial charge in [0.2, 0.25) is 0 Å². The smallest absolute Gasteiger partial charge is 0.0492 e. The summed E-state index contributed by atoms with van der Waals surface area (Å²) < 4.78 is 2.22. The number of rotatable bonds is 6. The van der Waals surface area contributed by atoms with Crippen LogP contribution in [-0.4, -0.2) is 22.4 Å². The number of nitrogens with one attached hydrogen (secondary N) is 1. The molecule has 1 saturated carbocycles. The molecule has 0 saturated heterocycles. The van der Waals surface area contributed by atoms with Gasteiger partial charge in [-0.2, -0.15) is 5.10 Å². The van der Waals surface area contributed by atoms with Gasteiger partial charge in [-0.1, -0.05) is 27.2 Å². The zero-order valence-electron chi connectivity index (χ0n) is 12.0. The zero-order chi connectivity index (χ0) is 13.0. The lowest BCUT2D eigenvalue weighted by Crippen LogP contribution is -2.30. The van der Waals surface area contributed by atoms with Crippen LogP contribution in [0.2, 0.25) is 0 Å². The van der Waals surface area contributed by atoms with E-state index in [1.165, 1.54) is 25.0 Å². The third kappa shape index (κ3) is 3.14. The second-order valence-corrected chi connectivity index (χ2v) is 5.84. The minimum absolute atomic E-state index is 0.590. The molecule has 1 aromatic heterocycles. The third-order valence-corrected chi connectivity index (χ3v) is 4.01. The van der Waals surface area contributed by atoms with Crippen molar-refractivity contribution in [1.29, 1.82) is 0 Å². The molecule has 0 radical (unpaired) electrons. The number of hydrogen-bond acceptors (Lipinski definition) is 2. The highest BCUT2D eigenvalue weighted by atomic mass is 15.3. The van der Waals surface area contributed by atoms with E-state index in [2.05, 4.69) is 41.9 Å². The van der Waals surface area contributed by atoms with Crippen molar-refractivity contribution >= 4 is 0 Å². The Morgan fingerprint density at radius 3 is 3.00 bits per heavy atom. The standard InChI is InChI=1S/C15H27N3/c1-4-10-18-15(8-9-17-18)14-7-5-6-13(14)11-16-12(2)3/h8-9,12-14,16H,4-7,10-11H2,1-3H3. The Balaban J connectivity index is 2.03. The molecular formula is C15H27N3. The average molecular weight is 249 g/mol. The lowest BCUT2D eigenvalue weighted by Gasteiger charge is -2.22. The fraction of sp³-hybridized carbons (Fsp3) is 0.800.